The molecule has 0 amide bonds. The van der Waals surface area contributed by atoms with E-state index in [2.05, 4.69) is 0 Å². The molecule has 94 heavy (non-hydrogen) atoms. The maximum absolute atomic E-state index is 14.2. The minimum absolute atomic E-state index is 0.0361. The van der Waals surface area contributed by atoms with E-state index in [0.29, 0.717) is 51.4 Å². The molecule has 30 atom stereocenters. The van der Waals surface area contributed by atoms with Gasteiger partial charge in [-0.25, -0.2) is 9.59 Å². The van der Waals surface area contributed by atoms with Crippen molar-refractivity contribution in [3.8, 4) is 0 Å². The zero-order valence-electron chi connectivity index (χ0n) is 60.0. The minimum atomic E-state index is -1.18. The summed E-state index contributed by atoms with van der Waals surface area (Å²) in [5.41, 5.74) is 0.470. The zero-order valence-corrected chi connectivity index (χ0v) is 60.0. The molecule has 0 aliphatic carbocycles. The fraction of sp³-hybridized carbons (Fsp3) is 0.865. The van der Waals surface area contributed by atoms with Crippen molar-refractivity contribution in [3.63, 3.8) is 0 Å². The first-order valence-electron chi connectivity index (χ1n) is 35.7. The van der Waals surface area contributed by atoms with Crippen molar-refractivity contribution in [3.05, 3.63) is 47.6 Å². The third kappa shape index (κ3) is 25.5. The molecule has 544 valence electrons. The van der Waals surface area contributed by atoms with E-state index >= 15 is 0 Å². The molecule has 5 aliphatic rings. The minimum Gasteiger partial charge on any atom is -0.458 e. The van der Waals surface area contributed by atoms with Crippen LogP contribution >= 0.6 is 0 Å². The Morgan fingerprint density at radius 1 is 0.457 bits per heavy atom. The number of ether oxygens (including phenoxy) is 10. The summed E-state index contributed by atoms with van der Waals surface area (Å²) in [5.74, 6) is -5.62. The predicted octanol–water partition coefficient (Wildman–Crippen LogP) is 9.00. The molecule has 5 heterocycles. The lowest BCUT2D eigenvalue weighted by Gasteiger charge is -2.38. The Hall–Kier alpha value is -2.74. The summed E-state index contributed by atoms with van der Waals surface area (Å²) in [6, 6.07) is 0. The van der Waals surface area contributed by atoms with Crippen LogP contribution < -0.4 is 0 Å². The van der Waals surface area contributed by atoms with Crippen molar-refractivity contribution in [2.75, 3.05) is 28.4 Å². The van der Waals surface area contributed by atoms with Crippen LogP contribution in [0.2, 0.25) is 0 Å². The average molecular weight is 1340 g/mol. The topological polar surface area (TPSA) is 288 Å². The van der Waals surface area contributed by atoms with Crippen molar-refractivity contribution >= 4 is 11.9 Å². The summed E-state index contributed by atoms with van der Waals surface area (Å²) in [6.07, 6.45) is 6.49. The second-order valence-electron chi connectivity index (χ2n) is 29.5. The average Bonchev–Trinajstić information content (AvgIpc) is 0.891. The van der Waals surface area contributed by atoms with Crippen molar-refractivity contribution in [2.45, 2.75) is 333 Å². The van der Waals surface area contributed by atoms with Gasteiger partial charge in [0, 0.05) is 101 Å². The molecule has 0 aromatic rings. The number of methoxy groups -OCH3 is 4. The van der Waals surface area contributed by atoms with Gasteiger partial charge in [-0.2, -0.15) is 0 Å². The number of cyclic esters (lactones) is 2. The smallest absolute Gasteiger partial charge is 0.333 e. The molecule has 2 saturated heterocycles. The van der Waals surface area contributed by atoms with Crippen molar-refractivity contribution in [2.24, 2.45) is 47.3 Å². The summed E-state index contributed by atoms with van der Waals surface area (Å²) in [7, 11) is 6.56. The van der Waals surface area contributed by atoms with Crippen LogP contribution in [-0.4, -0.2) is 216 Å². The fourth-order valence-electron chi connectivity index (χ4n) is 15.0. The molecule has 20 nitrogen and oxygen atoms in total. The highest BCUT2D eigenvalue weighted by Crippen LogP contribution is 2.37. The highest BCUT2D eigenvalue weighted by Gasteiger charge is 2.43. The fourth-order valence-corrected chi connectivity index (χ4v) is 15.0. The van der Waals surface area contributed by atoms with Crippen LogP contribution in [0.4, 0.5) is 0 Å². The molecule has 0 unspecified atom stereocenters. The molecule has 0 spiro atoms. The van der Waals surface area contributed by atoms with E-state index in [0.717, 1.165) is 25.7 Å². The third-order valence-electron chi connectivity index (χ3n) is 21.9. The second kappa shape index (κ2) is 40.5. The molecule has 5 rings (SSSR count). The molecule has 0 radical (unpaired) electrons. The Labute approximate surface area is 563 Å². The van der Waals surface area contributed by atoms with Crippen molar-refractivity contribution < 1.29 is 97.8 Å². The monoisotopic (exact) mass is 1340 g/mol. The molecule has 8 N–H and O–H groups in total. The first kappa shape index (κ1) is 81.9. The van der Waals surface area contributed by atoms with Gasteiger partial charge in [0.1, 0.15) is 12.2 Å². The quantitative estimate of drug-likeness (QED) is 0.0528. The summed E-state index contributed by atoms with van der Waals surface area (Å²) in [6.45, 7) is 22.1. The summed E-state index contributed by atoms with van der Waals surface area (Å²) in [4.78, 5) is 28.4. The Morgan fingerprint density at radius 2 is 0.809 bits per heavy atom. The number of rotatable bonds is 16. The molecule has 4 bridgehead atoms. The van der Waals surface area contributed by atoms with Gasteiger partial charge in [0.05, 0.1) is 122 Å². The van der Waals surface area contributed by atoms with Crippen LogP contribution in [-0.2, 0) is 57.0 Å². The van der Waals surface area contributed by atoms with E-state index in [1.54, 1.807) is 68.3 Å². The Morgan fingerprint density at radius 3 is 1.15 bits per heavy atom. The highest BCUT2D eigenvalue weighted by atomic mass is 16.6. The number of aliphatic hydroxyl groups is 8. The molecular formula is C74H128O20. The van der Waals surface area contributed by atoms with Crippen LogP contribution in [0.3, 0.4) is 0 Å². The first-order chi connectivity index (χ1) is 44.5. The van der Waals surface area contributed by atoms with E-state index in [-0.39, 0.29) is 110 Å². The molecule has 2 fully saturated rings. The second-order valence-corrected chi connectivity index (χ2v) is 29.5. The number of carbonyl (C=O) groups is 2. The Balaban J connectivity index is 1.38. The summed E-state index contributed by atoms with van der Waals surface area (Å²) < 4.78 is 61.5. The first-order valence-corrected chi connectivity index (χ1v) is 35.7. The number of fused-ring (bicyclic) bond motifs is 4. The number of hydrogen-bond donors (Lipinski definition) is 8. The lowest BCUT2D eigenvalue weighted by Crippen LogP contribution is -2.46. The van der Waals surface area contributed by atoms with Gasteiger partial charge in [-0.3, -0.25) is 0 Å². The van der Waals surface area contributed by atoms with Crippen LogP contribution in [0, 0.1) is 47.3 Å². The van der Waals surface area contributed by atoms with Gasteiger partial charge in [-0.05, 0) is 129 Å². The van der Waals surface area contributed by atoms with Gasteiger partial charge in [-0.15, -0.1) is 0 Å². The largest absolute Gasteiger partial charge is 0.458 e. The molecule has 5 aliphatic heterocycles. The van der Waals surface area contributed by atoms with Gasteiger partial charge in [0.2, 0.25) is 0 Å². The van der Waals surface area contributed by atoms with Gasteiger partial charge < -0.3 is 88.2 Å². The highest BCUT2D eigenvalue weighted by molar-refractivity contribution is 5.88. The molecular weight excluding hydrogens is 1210 g/mol. The molecule has 0 aromatic heterocycles. The maximum Gasteiger partial charge on any atom is 0.333 e. The standard InChI is InChI=1S/C74H128O20/c1-41(25-29-59-35-61(85-13)31-45(5)89-59)69(81)51(11)71-49(9)65(79)39-63(77)47(7)67(87-15)37-57-21-18-20-56(92-57)34-54(76)28-24-44(4)74(84)94-72(52(12)70(82)42(2)26-30-60-36-62(86-14)32-46(6)90-60)50(10)66(80)40-64(78)48(8)68(88-16)38-58-22-17-19-55(91-58)33-53(75)27-23-43(3)73(83)93-71/h17-20,23-24,41-42,45-72,75-82H,21-22,25-40H2,1-16H3/t41-,42-,45-,46-,47-,48-,49-,50-,51-,52-,53-,54-,55-,56-,57-,58-,59-,60-,61+,62+,63-,64-,65+,66+,67-,68-,69-,70-,71-,72-/m0/s1. The summed E-state index contributed by atoms with van der Waals surface area (Å²) in [5, 5.41) is 94.8. The Kier molecular flexibility index (Phi) is 35.3. The summed E-state index contributed by atoms with van der Waals surface area (Å²) >= 11 is 0. The van der Waals surface area contributed by atoms with E-state index in [1.807, 2.05) is 79.7 Å². The van der Waals surface area contributed by atoms with E-state index in [1.165, 1.54) is 0 Å². The number of esters is 2. The van der Waals surface area contributed by atoms with Crippen molar-refractivity contribution in [1.29, 1.82) is 0 Å². The normalized spacial score (nSPS) is 40.3. The van der Waals surface area contributed by atoms with Crippen LogP contribution in [0.5, 0.6) is 0 Å². The van der Waals surface area contributed by atoms with E-state index < -0.39 is 133 Å². The van der Waals surface area contributed by atoms with Crippen LogP contribution in [0.25, 0.3) is 0 Å². The van der Waals surface area contributed by atoms with Gasteiger partial charge >= 0.3 is 11.9 Å². The lowest BCUT2D eigenvalue weighted by molar-refractivity contribution is -0.160. The van der Waals surface area contributed by atoms with Crippen LogP contribution in [0.15, 0.2) is 47.6 Å². The lowest BCUT2D eigenvalue weighted by atomic mass is 9.78. The Bertz CT molecular complexity index is 2160. The molecule has 0 saturated carbocycles. The van der Waals surface area contributed by atoms with Gasteiger partial charge in [0.15, 0.2) is 0 Å². The SMILES string of the molecule is CO[C@H]1C[C@H](CC[C@H](C)[C@H](O)[C@H](C)[C@H]2OC(=O)C(C)=CC[C@H](O)C[C@@H]3C=CC[C@@H](C[C@H](OC)[C@@H](C)[C@@H](O)C[C@@H](O)[C@H](C)[C@@H]([C@@H](C)[C@@H](O)[C@@H](C)CC[C@H]4C[C@H](OC)C[C@H](C)O4)OC(=O)C(C)=CC[C@H](O)C[C@@H]4C=CC[C@@H](C[C@H](OC)[C@@H](C)[C@@H](O)C[C@@H](O)[C@@H]2C)O4)O3)O[C@@H](C)C1. The number of carbonyl (C=O) groups excluding carboxylic acids is 2. The van der Waals surface area contributed by atoms with Crippen molar-refractivity contribution in [1.82, 2.24) is 0 Å². The predicted molar refractivity (Wildman–Crippen MR) is 359 cm³/mol. The number of hydrogen-bond acceptors (Lipinski definition) is 20. The number of aliphatic hydroxyl groups excluding tert-OH is 8. The maximum atomic E-state index is 14.2. The van der Waals surface area contributed by atoms with E-state index in [4.69, 9.17) is 47.4 Å². The molecule has 0 aromatic carbocycles. The van der Waals surface area contributed by atoms with E-state index in [9.17, 15) is 50.4 Å². The third-order valence-corrected chi connectivity index (χ3v) is 21.9. The molecule has 20 heteroatoms. The van der Waals surface area contributed by atoms with Gasteiger partial charge in [0.25, 0.3) is 0 Å². The van der Waals surface area contributed by atoms with Crippen LogP contribution in [0.1, 0.15) is 199 Å². The zero-order chi connectivity index (χ0) is 69.7. The van der Waals surface area contributed by atoms with Gasteiger partial charge in [-0.1, -0.05) is 91.8 Å².